The molecular formula is C11H17NO2. The number of hydrogen-bond acceptors (Lipinski definition) is 2. The van der Waals surface area contributed by atoms with Crippen LogP contribution < -0.4 is 0 Å². The first-order valence-corrected chi connectivity index (χ1v) is 4.70. The van der Waals surface area contributed by atoms with E-state index < -0.39 is 10.8 Å². The summed E-state index contributed by atoms with van der Waals surface area (Å²) in [7, 11) is 3.08. The van der Waals surface area contributed by atoms with Crippen LogP contribution in [0.15, 0.2) is 30.3 Å². The largest absolute Gasteiger partial charge is 0.633 e. The molecule has 0 fully saturated rings. The van der Waals surface area contributed by atoms with E-state index in [2.05, 4.69) is 0 Å². The number of likely N-dealkylation sites (N-methyl/N-ethyl adjacent to an activating group) is 1. The lowest BCUT2D eigenvalue weighted by atomic mass is 10.0. The molecule has 0 aromatic heterocycles. The summed E-state index contributed by atoms with van der Waals surface area (Å²) in [5.41, 5.74) is 0.794. The van der Waals surface area contributed by atoms with Gasteiger partial charge in [0.15, 0.2) is 0 Å². The highest BCUT2D eigenvalue weighted by Gasteiger charge is 2.24. The minimum absolute atomic E-state index is 0.364. The normalized spacial score (nSPS) is 16.4. The first-order chi connectivity index (χ1) is 6.43. The van der Waals surface area contributed by atoms with Crippen molar-refractivity contribution in [1.82, 2.24) is 0 Å². The summed E-state index contributed by atoms with van der Waals surface area (Å²) in [6.45, 7) is 1.75. The molecule has 0 saturated carbocycles. The Bertz CT molecular complexity index is 279. The fourth-order valence-corrected chi connectivity index (χ4v) is 1.27. The van der Waals surface area contributed by atoms with Gasteiger partial charge in [0.1, 0.15) is 12.1 Å². The second-order valence-corrected chi connectivity index (χ2v) is 4.03. The monoisotopic (exact) mass is 195 g/mol. The van der Waals surface area contributed by atoms with E-state index in [1.807, 2.05) is 30.3 Å². The van der Waals surface area contributed by atoms with Gasteiger partial charge in [-0.15, -0.1) is 0 Å². The molecule has 1 aromatic rings. The van der Waals surface area contributed by atoms with Crippen LogP contribution in [0.4, 0.5) is 0 Å². The number of aliphatic hydroxyl groups excluding tert-OH is 1. The fraction of sp³-hybridized carbons (Fsp3) is 0.455. The maximum atomic E-state index is 11.6. The van der Waals surface area contributed by atoms with Gasteiger partial charge in [-0.1, -0.05) is 30.3 Å². The Morgan fingerprint density at radius 3 is 2.14 bits per heavy atom. The number of benzene rings is 1. The van der Waals surface area contributed by atoms with Gasteiger partial charge < -0.3 is 15.0 Å². The number of hydrogen-bond donors (Lipinski definition) is 1. The molecular weight excluding hydrogens is 178 g/mol. The fourth-order valence-electron chi connectivity index (χ4n) is 1.27. The highest BCUT2D eigenvalue weighted by Crippen LogP contribution is 2.22. The molecule has 0 aliphatic carbocycles. The first kappa shape index (κ1) is 11.2. The summed E-state index contributed by atoms with van der Waals surface area (Å²) >= 11 is 0. The summed E-state index contributed by atoms with van der Waals surface area (Å²) in [6, 6.07) is 8.90. The van der Waals surface area contributed by atoms with Crippen molar-refractivity contribution in [2.24, 2.45) is 0 Å². The molecule has 14 heavy (non-hydrogen) atoms. The zero-order chi connectivity index (χ0) is 10.8. The van der Waals surface area contributed by atoms with Crippen molar-refractivity contribution in [1.29, 1.82) is 0 Å². The van der Waals surface area contributed by atoms with Gasteiger partial charge in [-0.05, 0) is 12.5 Å². The van der Waals surface area contributed by atoms with Crippen molar-refractivity contribution in [2.75, 3.05) is 14.1 Å². The molecule has 0 spiro atoms. The van der Waals surface area contributed by atoms with Gasteiger partial charge >= 0.3 is 0 Å². The topological polar surface area (TPSA) is 43.3 Å². The zero-order valence-electron chi connectivity index (χ0n) is 8.84. The lowest BCUT2D eigenvalue weighted by Crippen LogP contribution is -2.45. The predicted octanol–water partition coefficient (Wildman–Crippen LogP) is 1.68. The number of hydroxylamine groups is 3. The smallest absolute Gasteiger partial charge is 0.131 e. The van der Waals surface area contributed by atoms with Crippen molar-refractivity contribution in [3.05, 3.63) is 41.1 Å². The average Bonchev–Trinajstić information content (AvgIpc) is 2.15. The molecule has 0 aliphatic rings. The van der Waals surface area contributed by atoms with Gasteiger partial charge in [0, 0.05) is 0 Å². The van der Waals surface area contributed by atoms with E-state index in [0.717, 1.165) is 5.56 Å². The lowest BCUT2D eigenvalue weighted by molar-refractivity contribution is -0.869. The second kappa shape index (κ2) is 4.09. The number of nitrogens with zero attached hydrogens (tertiary/aromatic N) is 1. The Kier molecular flexibility index (Phi) is 3.26. The van der Waals surface area contributed by atoms with Crippen LogP contribution in [0, 0.1) is 5.21 Å². The van der Waals surface area contributed by atoms with Crippen LogP contribution in [0.3, 0.4) is 0 Å². The van der Waals surface area contributed by atoms with Crippen LogP contribution in [-0.2, 0) is 0 Å². The van der Waals surface area contributed by atoms with E-state index in [4.69, 9.17) is 0 Å². The number of rotatable bonds is 3. The molecule has 1 N–H and O–H groups in total. The molecule has 0 saturated heterocycles. The molecule has 0 bridgehead atoms. The predicted molar refractivity (Wildman–Crippen MR) is 56.3 cm³/mol. The minimum atomic E-state index is -0.705. The molecule has 78 valence electrons. The highest BCUT2D eigenvalue weighted by molar-refractivity contribution is 5.18. The Labute approximate surface area is 84.8 Å². The second-order valence-electron chi connectivity index (χ2n) is 4.03. The van der Waals surface area contributed by atoms with Crippen molar-refractivity contribution in [2.45, 2.75) is 19.1 Å². The van der Waals surface area contributed by atoms with E-state index in [1.165, 1.54) is 14.1 Å². The molecule has 2 unspecified atom stereocenters. The van der Waals surface area contributed by atoms with E-state index in [-0.39, 0.29) is 6.04 Å². The van der Waals surface area contributed by atoms with Crippen molar-refractivity contribution in [3.63, 3.8) is 0 Å². The Hall–Kier alpha value is -0.900. The third kappa shape index (κ3) is 2.54. The molecule has 2 atom stereocenters. The molecule has 0 aliphatic heterocycles. The number of quaternary nitrogens is 1. The average molecular weight is 195 g/mol. The molecule has 3 nitrogen and oxygen atoms in total. The Morgan fingerprint density at radius 2 is 1.71 bits per heavy atom. The van der Waals surface area contributed by atoms with Crippen LogP contribution in [0.25, 0.3) is 0 Å². The highest BCUT2D eigenvalue weighted by atomic mass is 16.5. The molecule has 0 amide bonds. The van der Waals surface area contributed by atoms with Crippen LogP contribution in [-0.4, -0.2) is 29.9 Å². The summed E-state index contributed by atoms with van der Waals surface area (Å²) in [5.74, 6) is 0. The van der Waals surface area contributed by atoms with Crippen molar-refractivity contribution >= 4 is 0 Å². The van der Waals surface area contributed by atoms with Crippen molar-refractivity contribution < 1.29 is 9.75 Å². The minimum Gasteiger partial charge on any atom is -0.633 e. The lowest BCUT2D eigenvalue weighted by Gasteiger charge is -2.42. The SMILES string of the molecule is CC(C(O)c1ccccc1)[N+](C)(C)[O-]. The van der Waals surface area contributed by atoms with Gasteiger partial charge in [-0.25, -0.2) is 0 Å². The Morgan fingerprint density at radius 1 is 1.21 bits per heavy atom. The maximum absolute atomic E-state index is 11.6. The zero-order valence-corrected chi connectivity index (χ0v) is 8.84. The van der Waals surface area contributed by atoms with Crippen LogP contribution in [0.5, 0.6) is 0 Å². The van der Waals surface area contributed by atoms with Gasteiger partial charge in [0.05, 0.1) is 14.1 Å². The summed E-state index contributed by atoms with van der Waals surface area (Å²) in [4.78, 5) is 0. The van der Waals surface area contributed by atoms with Crippen LogP contribution >= 0.6 is 0 Å². The summed E-state index contributed by atoms with van der Waals surface area (Å²) < 4.78 is -0.490. The Balaban J connectivity index is 2.81. The molecule has 1 rings (SSSR count). The van der Waals surface area contributed by atoms with Crippen molar-refractivity contribution in [3.8, 4) is 0 Å². The standard InChI is InChI=1S/C11H17NO2/c1-9(12(2,3)14)11(13)10-7-5-4-6-8-10/h4-9,11,13H,1-3H3. The van der Waals surface area contributed by atoms with Gasteiger partial charge in [-0.2, -0.15) is 0 Å². The summed E-state index contributed by atoms with van der Waals surface area (Å²) in [6.07, 6.45) is -0.705. The first-order valence-electron chi connectivity index (χ1n) is 4.70. The van der Waals surface area contributed by atoms with E-state index in [1.54, 1.807) is 6.92 Å². The van der Waals surface area contributed by atoms with E-state index in [9.17, 15) is 10.3 Å². The summed E-state index contributed by atoms with van der Waals surface area (Å²) in [5, 5.41) is 21.5. The number of aliphatic hydroxyl groups is 1. The third-order valence-corrected chi connectivity index (χ3v) is 2.58. The van der Waals surface area contributed by atoms with E-state index >= 15 is 0 Å². The van der Waals surface area contributed by atoms with Gasteiger partial charge in [0.2, 0.25) is 0 Å². The maximum Gasteiger partial charge on any atom is 0.131 e. The molecule has 0 heterocycles. The molecule has 3 heteroatoms. The van der Waals surface area contributed by atoms with E-state index in [0.29, 0.717) is 0 Å². The third-order valence-electron chi connectivity index (χ3n) is 2.58. The van der Waals surface area contributed by atoms with Crippen LogP contribution in [0.1, 0.15) is 18.6 Å². The quantitative estimate of drug-likeness (QED) is 0.589. The van der Waals surface area contributed by atoms with Gasteiger partial charge in [0.25, 0.3) is 0 Å². The molecule has 0 radical (unpaired) electrons. The van der Waals surface area contributed by atoms with Gasteiger partial charge in [-0.3, -0.25) is 0 Å². The van der Waals surface area contributed by atoms with Crippen LogP contribution in [0.2, 0.25) is 0 Å². The molecule has 1 aromatic carbocycles.